The van der Waals surface area contributed by atoms with E-state index in [2.05, 4.69) is 27.4 Å². The molecule has 4 rings (SSSR count). The Balaban J connectivity index is 1.29. The lowest BCUT2D eigenvalue weighted by Gasteiger charge is -2.35. The van der Waals surface area contributed by atoms with E-state index in [1.165, 1.54) is 11.3 Å². The predicted molar refractivity (Wildman–Crippen MR) is 90.8 cm³/mol. The number of aromatic nitrogens is 1. The highest BCUT2D eigenvalue weighted by Gasteiger charge is 2.39. The maximum absolute atomic E-state index is 6.30. The van der Waals surface area contributed by atoms with Crippen LogP contribution >= 0.6 is 11.3 Å². The first-order valence-corrected chi connectivity index (χ1v) is 9.21. The first-order valence-electron chi connectivity index (χ1n) is 8.33. The lowest BCUT2D eigenvalue weighted by Crippen LogP contribution is -2.43. The highest BCUT2D eigenvalue weighted by molar-refractivity contribution is 7.09. The second-order valence-electron chi connectivity index (χ2n) is 6.28. The quantitative estimate of drug-likeness (QED) is 0.842. The Hall–Kier alpha value is -1.43. The Kier molecular flexibility index (Phi) is 4.60. The average molecular weight is 330 g/mol. The van der Waals surface area contributed by atoms with Crippen LogP contribution in [0.1, 0.15) is 24.1 Å². The van der Waals surface area contributed by atoms with Gasteiger partial charge in [-0.3, -0.25) is 9.88 Å². The average Bonchev–Trinajstić information content (AvgIpc) is 3.24. The summed E-state index contributed by atoms with van der Waals surface area (Å²) in [5.41, 5.74) is 0. The molecule has 0 spiro atoms. The van der Waals surface area contributed by atoms with E-state index >= 15 is 0 Å². The molecule has 3 atom stereocenters. The molecular weight excluding hydrogens is 308 g/mol. The van der Waals surface area contributed by atoms with Crippen molar-refractivity contribution in [2.24, 2.45) is 0 Å². The Morgan fingerprint density at radius 1 is 1.26 bits per heavy atom. The minimum Gasteiger partial charge on any atom is -0.489 e. The lowest BCUT2D eigenvalue weighted by atomic mass is 9.99. The number of rotatable bonds is 5. The van der Waals surface area contributed by atoms with Gasteiger partial charge in [0.15, 0.2) is 0 Å². The zero-order chi connectivity index (χ0) is 15.5. The summed E-state index contributed by atoms with van der Waals surface area (Å²) in [5.74, 6) is 0.823. The molecule has 2 aliphatic heterocycles. The third-order valence-electron chi connectivity index (χ3n) is 4.76. The van der Waals surface area contributed by atoms with Gasteiger partial charge in [0, 0.05) is 30.2 Å². The van der Waals surface area contributed by atoms with E-state index in [4.69, 9.17) is 9.47 Å². The van der Waals surface area contributed by atoms with Crippen LogP contribution in [0.3, 0.4) is 0 Å². The minimum atomic E-state index is 0.207. The van der Waals surface area contributed by atoms with Gasteiger partial charge in [0.25, 0.3) is 0 Å². The van der Waals surface area contributed by atoms with Gasteiger partial charge in [-0.15, -0.1) is 11.3 Å². The number of thiophene rings is 1. The molecule has 23 heavy (non-hydrogen) atoms. The van der Waals surface area contributed by atoms with Gasteiger partial charge in [0.05, 0.1) is 18.4 Å². The number of pyridine rings is 1. The van der Waals surface area contributed by atoms with Crippen molar-refractivity contribution in [3.05, 3.63) is 46.9 Å². The molecule has 0 aromatic carbocycles. The minimum absolute atomic E-state index is 0.207. The second-order valence-corrected chi connectivity index (χ2v) is 7.31. The van der Waals surface area contributed by atoms with Gasteiger partial charge in [-0.05, 0) is 42.8 Å². The summed E-state index contributed by atoms with van der Waals surface area (Å²) in [5, 5.41) is 2.16. The van der Waals surface area contributed by atoms with E-state index in [1.807, 2.05) is 23.5 Å². The van der Waals surface area contributed by atoms with Gasteiger partial charge >= 0.3 is 0 Å². The molecule has 2 saturated heterocycles. The second kappa shape index (κ2) is 6.99. The summed E-state index contributed by atoms with van der Waals surface area (Å²) < 4.78 is 12.1. The molecular formula is C18H22N2O2S. The van der Waals surface area contributed by atoms with E-state index in [1.54, 1.807) is 12.4 Å². The fraction of sp³-hybridized carbons (Fsp3) is 0.500. The molecule has 0 N–H and O–H groups in total. The van der Waals surface area contributed by atoms with Crippen LogP contribution in [0.15, 0.2) is 42.0 Å². The van der Waals surface area contributed by atoms with Crippen LogP contribution in [0, 0.1) is 0 Å². The predicted octanol–water partition coefficient (Wildman–Crippen LogP) is 3.34. The van der Waals surface area contributed by atoms with E-state index in [-0.39, 0.29) is 6.10 Å². The molecule has 0 amide bonds. The van der Waals surface area contributed by atoms with Gasteiger partial charge in [-0.25, -0.2) is 0 Å². The number of nitrogens with zero attached hydrogens (tertiary/aromatic N) is 2. The number of hydrogen-bond acceptors (Lipinski definition) is 5. The van der Waals surface area contributed by atoms with Crippen LogP contribution in [-0.4, -0.2) is 41.3 Å². The molecule has 2 aromatic heterocycles. The molecule has 0 aliphatic carbocycles. The topological polar surface area (TPSA) is 34.6 Å². The van der Waals surface area contributed by atoms with Crippen LogP contribution in [0.25, 0.3) is 0 Å². The normalized spacial score (nSPS) is 27.7. The molecule has 0 saturated carbocycles. The third-order valence-corrected chi connectivity index (χ3v) is 5.62. The maximum atomic E-state index is 6.30. The highest BCUT2D eigenvalue weighted by Crippen LogP contribution is 2.33. The molecule has 5 heteroatoms. The summed E-state index contributed by atoms with van der Waals surface area (Å²) in [6, 6.07) is 8.78. The van der Waals surface area contributed by atoms with Crippen molar-refractivity contribution in [3.8, 4) is 5.75 Å². The molecule has 0 bridgehead atoms. The van der Waals surface area contributed by atoms with E-state index in [0.717, 1.165) is 31.7 Å². The molecule has 4 heterocycles. The van der Waals surface area contributed by atoms with E-state index in [9.17, 15) is 0 Å². The first-order chi connectivity index (χ1) is 11.4. The number of ether oxygens (including phenoxy) is 2. The monoisotopic (exact) mass is 330 g/mol. The summed E-state index contributed by atoms with van der Waals surface area (Å²) in [6.07, 6.45) is 7.50. The van der Waals surface area contributed by atoms with Gasteiger partial charge in [-0.1, -0.05) is 6.07 Å². The van der Waals surface area contributed by atoms with Crippen molar-refractivity contribution in [2.75, 3.05) is 13.2 Å². The fourth-order valence-electron chi connectivity index (χ4n) is 3.63. The van der Waals surface area contributed by atoms with Gasteiger partial charge in [0.1, 0.15) is 12.4 Å². The van der Waals surface area contributed by atoms with Crippen LogP contribution in [-0.2, 0) is 11.3 Å². The summed E-state index contributed by atoms with van der Waals surface area (Å²) >= 11 is 1.85. The Labute approximate surface area is 141 Å². The van der Waals surface area contributed by atoms with Crippen molar-refractivity contribution in [1.82, 2.24) is 9.88 Å². The highest BCUT2D eigenvalue weighted by atomic mass is 32.1. The van der Waals surface area contributed by atoms with Crippen molar-refractivity contribution in [2.45, 2.75) is 44.1 Å². The van der Waals surface area contributed by atoms with E-state index < -0.39 is 0 Å². The molecule has 2 fully saturated rings. The Morgan fingerprint density at radius 3 is 3.09 bits per heavy atom. The Bertz CT molecular complexity index is 605. The molecule has 122 valence electrons. The van der Waals surface area contributed by atoms with Gasteiger partial charge in [-0.2, -0.15) is 0 Å². The molecule has 2 aromatic rings. The first kappa shape index (κ1) is 15.1. The standard InChI is InChI=1S/C18H22N2O2S/c1-3-14(11-19-8-1)21-13-15-5-6-17-18(22-15)7-9-20(17)12-16-4-2-10-23-16/h1-4,8,10-11,15,17-18H,5-7,9,12-13H2/t15-,17-,18-/m0/s1. The fourth-order valence-corrected chi connectivity index (χ4v) is 4.36. The van der Waals surface area contributed by atoms with Crippen LogP contribution in [0.2, 0.25) is 0 Å². The van der Waals surface area contributed by atoms with Crippen LogP contribution in [0.5, 0.6) is 5.75 Å². The molecule has 4 nitrogen and oxygen atoms in total. The maximum Gasteiger partial charge on any atom is 0.137 e. The summed E-state index contributed by atoms with van der Waals surface area (Å²) in [7, 11) is 0. The number of hydrogen-bond donors (Lipinski definition) is 0. The third kappa shape index (κ3) is 3.57. The van der Waals surface area contributed by atoms with E-state index in [0.29, 0.717) is 18.8 Å². The summed E-state index contributed by atoms with van der Waals surface area (Å²) in [6.45, 7) is 2.84. The summed E-state index contributed by atoms with van der Waals surface area (Å²) in [4.78, 5) is 8.12. The zero-order valence-corrected chi connectivity index (χ0v) is 14.0. The van der Waals surface area contributed by atoms with Crippen molar-refractivity contribution in [3.63, 3.8) is 0 Å². The van der Waals surface area contributed by atoms with Crippen molar-refractivity contribution >= 4 is 11.3 Å². The number of likely N-dealkylation sites (tertiary alicyclic amines) is 1. The van der Waals surface area contributed by atoms with Crippen molar-refractivity contribution < 1.29 is 9.47 Å². The smallest absolute Gasteiger partial charge is 0.137 e. The lowest BCUT2D eigenvalue weighted by molar-refractivity contribution is -0.0840. The number of fused-ring (bicyclic) bond motifs is 1. The van der Waals surface area contributed by atoms with Crippen LogP contribution < -0.4 is 4.74 Å². The molecule has 2 aliphatic rings. The van der Waals surface area contributed by atoms with Crippen LogP contribution in [0.4, 0.5) is 0 Å². The zero-order valence-electron chi connectivity index (χ0n) is 13.1. The van der Waals surface area contributed by atoms with Crippen molar-refractivity contribution in [1.29, 1.82) is 0 Å². The largest absolute Gasteiger partial charge is 0.489 e. The SMILES string of the molecule is c1cncc(OC[C@@H]2CC[C@H]3[C@H](CCN3Cc3cccs3)O2)c1. The molecule has 0 unspecified atom stereocenters. The molecule has 0 radical (unpaired) electrons. The Morgan fingerprint density at radius 2 is 2.26 bits per heavy atom. The van der Waals surface area contributed by atoms with Gasteiger partial charge in [0.2, 0.25) is 0 Å². The van der Waals surface area contributed by atoms with Gasteiger partial charge < -0.3 is 9.47 Å².